The van der Waals surface area contributed by atoms with E-state index in [9.17, 15) is 4.79 Å². The highest BCUT2D eigenvalue weighted by molar-refractivity contribution is 5.94. The van der Waals surface area contributed by atoms with E-state index >= 15 is 0 Å². The number of hydrogen-bond acceptors (Lipinski definition) is 4. The Morgan fingerprint density at radius 3 is 2.76 bits per heavy atom. The summed E-state index contributed by atoms with van der Waals surface area (Å²) in [5, 5.41) is 5.98. The Morgan fingerprint density at radius 2 is 2.00 bits per heavy atom. The standard InChI is InChI=1S/C16H20N4O/c1-11-4-3-5-13(10-11)16(21)19-9-8-18-15-14(17)7-6-12(2)20-15/h3-7,10H,8-9,17H2,1-2H3,(H,18,20)(H,19,21). The molecule has 0 radical (unpaired) electrons. The summed E-state index contributed by atoms with van der Waals surface area (Å²) in [6.45, 7) is 4.94. The molecule has 21 heavy (non-hydrogen) atoms. The molecular formula is C16H20N4O. The number of pyridine rings is 1. The van der Waals surface area contributed by atoms with Crippen LogP contribution in [0.2, 0.25) is 0 Å². The largest absolute Gasteiger partial charge is 0.396 e. The maximum Gasteiger partial charge on any atom is 0.251 e. The van der Waals surface area contributed by atoms with E-state index in [1.165, 1.54) is 0 Å². The molecule has 0 bridgehead atoms. The molecule has 0 aliphatic carbocycles. The lowest BCUT2D eigenvalue weighted by molar-refractivity contribution is 0.0955. The lowest BCUT2D eigenvalue weighted by atomic mass is 10.1. The first-order chi connectivity index (χ1) is 10.1. The normalized spacial score (nSPS) is 10.2. The molecule has 5 heteroatoms. The molecule has 0 unspecified atom stereocenters. The van der Waals surface area contributed by atoms with E-state index in [0.29, 0.717) is 30.2 Å². The average molecular weight is 284 g/mol. The van der Waals surface area contributed by atoms with E-state index in [0.717, 1.165) is 11.3 Å². The summed E-state index contributed by atoms with van der Waals surface area (Å²) >= 11 is 0. The zero-order valence-corrected chi connectivity index (χ0v) is 12.3. The zero-order valence-electron chi connectivity index (χ0n) is 12.3. The van der Waals surface area contributed by atoms with Crippen molar-refractivity contribution in [3.05, 3.63) is 53.2 Å². The van der Waals surface area contributed by atoms with Crippen LogP contribution in [0.3, 0.4) is 0 Å². The number of carbonyl (C=O) groups excluding carboxylic acids is 1. The van der Waals surface area contributed by atoms with Gasteiger partial charge in [-0.15, -0.1) is 0 Å². The van der Waals surface area contributed by atoms with Crippen molar-refractivity contribution in [3.8, 4) is 0 Å². The van der Waals surface area contributed by atoms with Crippen LogP contribution in [0.1, 0.15) is 21.6 Å². The number of nitrogens with zero attached hydrogens (tertiary/aromatic N) is 1. The molecule has 2 rings (SSSR count). The summed E-state index contributed by atoms with van der Waals surface area (Å²) in [6, 6.07) is 11.2. The fourth-order valence-electron chi connectivity index (χ4n) is 1.95. The van der Waals surface area contributed by atoms with Gasteiger partial charge in [-0.2, -0.15) is 0 Å². The Balaban J connectivity index is 1.82. The molecular weight excluding hydrogens is 264 g/mol. The molecule has 4 N–H and O–H groups in total. The second kappa shape index (κ2) is 6.74. The number of carbonyl (C=O) groups is 1. The summed E-state index contributed by atoms with van der Waals surface area (Å²) in [5.74, 6) is 0.575. The number of aryl methyl sites for hydroxylation is 2. The van der Waals surface area contributed by atoms with Crippen LogP contribution in [0, 0.1) is 13.8 Å². The number of amides is 1. The average Bonchev–Trinajstić information content (AvgIpc) is 2.46. The van der Waals surface area contributed by atoms with Crippen molar-refractivity contribution in [2.45, 2.75) is 13.8 Å². The molecule has 1 amide bonds. The van der Waals surface area contributed by atoms with Crippen molar-refractivity contribution in [3.63, 3.8) is 0 Å². The molecule has 0 atom stereocenters. The van der Waals surface area contributed by atoms with Crippen LogP contribution in [-0.2, 0) is 0 Å². The number of nitrogens with two attached hydrogens (primary N) is 1. The SMILES string of the molecule is Cc1cccc(C(=O)NCCNc2nc(C)ccc2N)c1. The highest BCUT2D eigenvalue weighted by Gasteiger charge is 2.05. The van der Waals surface area contributed by atoms with Crippen molar-refractivity contribution >= 4 is 17.4 Å². The summed E-state index contributed by atoms with van der Waals surface area (Å²) in [5.41, 5.74) is 9.06. The molecule has 0 aliphatic rings. The minimum absolute atomic E-state index is 0.0781. The maximum absolute atomic E-state index is 12.0. The first-order valence-corrected chi connectivity index (χ1v) is 6.88. The second-order valence-electron chi connectivity index (χ2n) is 4.94. The van der Waals surface area contributed by atoms with Crippen LogP contribution in [0.15, 0.2) is 36.4 Å². The smallest absolute Gasteiger partial charge is 0.251 e. The predicted molar refractivity (Wildman–Crippen MR) is 85.4 cm³/mol. The van der Waals surface area contributed by atoms with Crippen molar-refractivity contribution in [1.82, 2.24) is 10.3 Å². The van der Waals surface area contributed by atoms with Crippen LogP contribution in [0.5, 0.6) is 0 Å². The van der Waals surface area contributed by atoms with Crippen molar-refractivity contribution in [2.24, 2.45) is 0 Å². The molecule has 0 saturated carbocycles. The van der Waals surface area contributed by atoms with E-state index in [4.69, 9.17) is 5.73 Å². The number of nitrogen functional groups attached to an aromatic ring is 1. The predicted octanol–water partition coefficient (Wildman–Crippen LogP) is 2.12. The van der Waals surface area contributed by atoms with E-state index in [1.54, 1.807) is 6.07 Å². The second-order valence-corrected chi connectivity index (χ2v) is 4.94. The van der Waals surface area contributed by atoms with Crippen molar-refractivity contribution < 1.29 is 4.79 Å². The quantitative estimate of drug-likeness (QED) is 0.735. The monoisotopic (exact) mass is 284 g/mol. The van der Waals surface area contributed by atoms with Crippen LogP contribution in [-0.4, -0.2) is 24.0 Å². The third kappa shape index (κ3) is 4.21. The van der Waals surface area contributed by atoms with Crippen LogP contribution in [0.25, 0.3) is 0 Å². The van der Waals surface area contributed by atoms with Gasteiger partial charge in [0.05, 0.1) is 5.69 Å². The Labute approximate surface area is 124 Å². The van der Waals surface area contributed by atoms with Gasteiger partial charge in [0, 0.05) is 24.3 Å². The molecule has 0 aliphatic heterocycles. The molecule has 1 aromatic carbocycles. The molecule has 5 nitrogen and oxygen atoms in total. The first-order valence-electron chi connectivity index (χ1n) is 6.88. The summed E-state index contributed by atoms with van der Waals surface area (Å²) in [6.07, 6.45) is 0. The summed E-state index contributed by atoms with van der Waals surface area (Å²) < 4.78 is 0. The number of benzene rings is 1. The van der Waals surface area contributed by atoms with E-state index in [2.05, 4.69) is 15.6 Å². The molecule has 1 heterocycles. The molecule has 0 saturated heterocycles. The van der Waals surface area contributed by atoms with Gasteiger partial charge in [0.1, 0.15) is 5.82 Å². The van der Waals surface area contributed by atoms with Crippen LogP contribution in [0.4, 0.5) is 11.5 Å². The number of aromatic nitrogens is 1. The van der Waals surface area contributed by atoms with E-state index in [-0.39, 0.29) is 5.91 Å². The molecule has 2 aromatic rings. The number of hydrogen-bond donors (Lipinski definition) is 3. The van der Waals surface area contributed by atoms with E-state index in [1.807, 2.05) is 44.2 Å². The Kier molecular flexibility index (Phi) is 4.77. The van der Waals surface area contributed by atoms with Gasteiger partial charge in [0.25, 0.3) is 5.91 Å². The lowest BCUT2D eigenvalue weighted by Crippen LogP contribution is -2.29. The van der Waals surface area contributed by atoms with Gasteiger partial charge >= 0.3 is 0 Å². The highest BCUT2D eigenvalue weighted by atomic mass is 16.1. The third-order valence-corrected chi connectivity index (χ3v) is 3.05. The van der Waals surface area contributed by atoms with Gasteiger partial charge in [0.2, 0.25) is 0 Å². The lowest BCUT2D eigenvalue weighted by Gasteiger charge is -2.10. The fourth-order valence-corrected chi connectivity index (χ4v) is 1.95. The molecule has 0 spiro atoms. The molecule has 0 fully saturated rings. The zero-order chi connectivity index (χ0) is 15.2. The van der Waals surface area contributed by atoms with E-state index < -0.39 is 0 Å². The maximum atomic E-state index is 12.0. The number of rotatable bonds is 5. The minimum atomic E-state index is -0.0781. The van der Waals surface area contributed by atoms with Crippen molar-refractivity contribution in [2.75, 3.05) is 24.1 Å². The summed E-state index contributed by atoms with van der Waals surface area (Å²) in [4.78, 5) is 16.3. The molecule has 110 valence electrons. The number of anilines is 2. The first kappa shape index (κ1) is 14.8. The Bertz CT molecular complexity index is 640. The van der Waals surface area contributed by atoms with Crippen LogP contribution >= 0.6 is 0 Å². The summed E-state index contributed by atoms with van der Waals surface area (Å²) in [7, 11) is 0. The van der Waals surface area contributed by atoms with Gasteiger partial charge < -0.3 is 16.4 Å². The Morgan fingerprint density at radius 1 is 1.19 bits per heavy atom. The van der Waals surface area contributed by atoms with Crippen molar-refractivity contribution in [1.29, 1.82) is 0 Å². The highest BCUT2D eigenvalue weighted by Crippen LogP contribution is 2.14. The van der Waals surface area contributed by atoms with Gasteiger partial charge in [-0.25, -0.2) is 4.98 Å². The molecule has 1 aromatic heterocycles. The topological polar surface area (TPSA) is 80.0 Å². The van der Waals surface area contributed by atoms with Gasteiger partial charge in [-0.05, 0) is 38.1 Å². The van der Waals surface area contributed by atoms with Gasteiger partial charge in [0.15, 0.2) is 0 Å². The minimum Gasteiger partial charge on any atom is -0.396 e. The Hall–Kier alpha value is -2.56. The fraction of sp³-hybridized carbons (Fsp3) is 0.250. The third-order valence-electron chi connectivity index (χ3n) is 3.05. The van der Waals surface area contributed by atoms with Gasteiger partial charge in [-0.3, -0.25) is 4.79 Å². The van der Waals surface area contributed by atoms with Crippen LogP contribution < -0.4 is 16.4 Å². The number of nitrogens with one attached hydrogen (secondary N) is 2. The van der Waals surface area contributed by atoms with Gasteiger partial charge in [-0.1, -0.05) is 17.7 Å².